The molecule has 1 saturated heterocycles. The minimum absolute atomic E-state index is 0. The van der Waals surface area contributed by atoms with Crippen LogP contribution in [0.2, 0.25) is 0 Å². The molecule has 0 spiro atoms. The van der Waals surface area contributed by atoms with Crippen molar-refractivity contribution in [3.63, 3.8) is 0 Å². The van der Waals surface area contributed by atoms with Gasteiger partial charge < -0.3 is 15.1 Å². The van der Waals surface area contributed by atoms with Crippen LogP contribution in [-0.4, -0.2) is 46.9 Å². The van der Waals surface area contributed by atoms with E-state index in [1.807, 2.05) is 56.0 Å². The molecule has 0 aliphatic carbocycles. The van der Waals surface area contributed by atoms with Crippen LogP contribution in [0.25, 0.3) is 0 Å². The monoisotopic (exact) mass is 428 g/mol. The van der Waals surface area contributed by atoms with Crippen LogP contribution in [0.5, 0.6) is 0 Å². The van der Waals surface area contributed by atoms with E-state index in [0.717, 1.165) is 36.0 Å². The highest BCUT2D eigenvalue weighted by Crippen LogP contribution is 2.22. The van der Waals surface area contributed by atoms with Gasteiger partial charge in [-0.3, -0.25) is 9.69 Å². The molecular weight excluding hydrogens is 399 g/mol. The molecule has 1 fully saturated rings. The van der Waals surface area contributed by atoms with Crippen LogP contribution in [0.4, 0.5) is 0 Å². The number of hydrogen-bond acceptors (Lipinski definition) is 5. The van der Waals surface area contributed by atoms with E-state index in [1.165, 1.54) is 0 Å². The quantitative estimate of drug-likeness (QED) is 0.791. The number of amides is 1. The molecule has 1 aliphatic rings. The van der Waals surface area contributed by atoms with Crippen molar-refractivity contribution >= 4 is 30.7 Å². The predicted octanol–water partition coefficient (Wildman–Crippen LogP) is 3.12. The number of halogens is 2. The number of carbonyl (C=O) groups is 1. The predicted molar refractivity (Wildman–Crippen MR) is 115 cm³/mol. The number of nitrogens with two attached hydrogens (primary N) is 1. The Kier molecular flexibility index (Phi) is 9.44. The van der Waals surface area contributed by atoms with Gasteiger partial charge in [0.1, 0.15) is 5.76 Å². The lowest BCUT2D eigenvalue weighted by atomic mass is 9.94. The fourth-order valence-electron chi connectivity index (χ4n) is 3.33. The van der Waals surface area contributed by atoms with Gasteiger partial charge in [-0.05, 0) is 19.4 Å². The van der Waals surface area contributed by atoms with Crippen LogP contribution < -0.4 is 5.73 Å². The van der Waals surface area contributed by atoms with Crippen molar-refractivity contribution in [2.24, 2.45) is 11.7 Å². The van der Waals surface area contributed by atoms with Crippen molar-refractivity contribution < 1.29 is 9.21 Å². The molecule has 8 heteroatoms. The van der Waals surface area contributed by atoms with E-state index >= 15 is 0 Å². The van der Waals surface area contributed by atoms with Crippen molar-refractivity contribution in [1.29, 1.82) is 0 Å². The second-order valence-corrected chi connectivity index (χ2v) is 7.08. The molecule has 1 aliphatic heterocycles. The first kappa shape index (κ1) is 24.4. The van der Waals surface area contributed by atoms with E-state index in [0.29, 0.717) is 19.6 Å². The van der Waals surface area contributed by atoms with Gasteiger partial charge >= 0.3 is 0 Å². The van der Waals surface area contributed by atoms with Crippen LogP contribution in [-0.2, 0) is 11.3 Å². The van der Waals surface area contributed by atoms with Crippen LogP contribution in [0.3, 0.4) is 0 Å². The maximum Gasteiger partial charge on any atom is 0.227 e. The third-order valence-corrected chi connectivity index (χ3v) is 5.23. The summed E-state index contributed by atoms with van der Waals surface area (Å²) in [7, 11) is 0. The van der Waals surface area contributed by atoms with Gasteiger partial charge in [0.2, 0.25) is 11.8 Å². The van der Waals surface area contributed by atoms with Crippen LogP contribution >= 0.6 is 24.8 Å². The molecule has 156 valence electrons. The smallest absolute Gasteiger partial charge is 0.227 e. The number of aromatic nitrogens is 1. The molecule has 0 saturated carbocycles. The third-order valence-electron chi connectivity index (χ3n) is 5.23. The summed E-state index contributed by atoms with van der Waals surface area (Å²) in [4.78, 5) is 21.5. The van der Waals surface area contributed by atoms with Crippen molar-refractivity contribution in [3.8, 4) is 0 Å². The summed E-state index contributed by atoms with van der Waals surface area (Å²) in [5.74, 6) is 1.52. The lowest BCUT2D eigenvalue weighted by molar-refractivity contribution is -0.137. The lowest BCUT2D eigenvalue weighted by Crippen LogP contribution is -2.50. The topological polar surface area (TPSA) is 75.6 Å². The van der Waals surface area contributed by atoms with Crippen LogP contribution in [0.1, 0.15) is 35.9 Å². The average Bonchev–Trinajstić information content (AvgIpc) is 2.98. The number of rotatable bonds is 5. The van der Waals surface area contributed by atoms with Gasteiger partial charge in [0.25, 0.3) is 0 Å². The molecular formula is C20H30Cl2N4O2. The Morgan fingerprint density at radius 3 is 2.29 bits per heavy atom. The van der Waals surface area contributed by atoms with Crippen molar-refractivity contribution in [3.05, 3.63) is 53.2 Å². The first-order valence-corrected chi connectivity index (χ1v) is 9.20. The Balaban J connectivity index is 0.00000196. The second-order valence-electron chi connectivity index (χ2n) is 7.08. The van der Waals surface area contributed by atoms with E-state index in [9.17, 15) is 4.79 Å². The number of benzene rings is 1. The SMILES string of the molecule is Cc1nc(CN2CCN(C(=O)C(C)C(N)c3ccccc3)CC2)oc1C.Cl.Cl. The molecule has 2 unspecified atom stereocenters. The van der Waals surface area contributed by atoms with Gasteiger partial charge in [0.05, 0.1) is 18.2 Å². The van der Waals surface area contributed by atoms with Crippen molar-refractivity contribution in [2.75, 3.05) is 26.2 Å². The van der Waals surface area contributed by atoms with Gasteiger partial charge in [-0.1, -0.05) is 37.3 Å². The maximum atomic E-state index is 12.8. The molecule has 2 atom stereocenters. The van der Waals surface area contributed by atoms with E-state index in [2.05, 4.69) is 9.88 Å². The molecule has 1 amide bonds. The highest BCUT2D eigenvalue weighted by molar-refractivity contribution is 5.85. The number of carbonyl (C=O) groups excluding carboxylic acids is 1. The first-order valence-electron chi connectivity index (χ1n) is 9.20. The summed E-state index contributed by atoms with van der Waals surface area (Å²) >= 11 is 0. The van der Waals surface area contributed by atoms with Gasteiger partial charge in [-0.25, -0.2) is 4.98 Å². The van der Waals surface area contributed by atoms with Gasteiger partial charge in [0.15, 0.2) is 0 Å². The zero-order chi connectivity index (χ0) is 18.7. The normalized spacial score (nSPS) is 16.6. The summed E-state index contributed by atoms with van der Waals surface area (Å²) in [6, 6.07) is 9.55. The zero-order valence-corrected chi connectivity index (χ0v) is 18.3. The maximum absolute atomic E-state index is 12.8. The van der Waals surface area contributed by atoms with E-state index in [1.54, 1.807) is 0 Å². The fraction of sp³-hybridized carbons (Fsp3) is 0.500. The summed E-state index contributed by atoms with van der Waals surface area (Å²) in [6.45, 7) is 9.56. The molecule has 2 aromatic rings. The van der Waals surface area contributed by atoms with Gasteiger partial charge in [-0.2, -0.15) is 0 Å². The first-order chi connectivity index (χ1) is 12.5. The third kappa shape index (κ3) is 5.70. The summed E-state index contributed by atoms with van der Waals surface area (Å²) in [5, 5.41) is 0. The Labute approximate surface area is 179 Å². The highest BCUT2D eigenvalue weighted by Gasteiger charge is 2.29. The van der Waals surface area contributed by atoms with E-state index in [-0.39, 0.29) is 42.7 Å². The number of piperazine rings is 1. The molecule has 2 heterocycles. The minimum atomic E-state index is -0.278. The Morgan fingerprint density at radius 1 is 1.14 bits per heavy atom. The van der Waals surface area contributed by atoms with Crippen LogP contribution in [0.15, 0.2) is 34.7 Å². The van der Waals surface area contributed by atoms with Crippen molar-refractivity contribution in [2.45, 2.75) is 33.4 Å². The Hall–Kier alpha value is -1.60. The molecule has 0 radical (unpaired) electrons. The molecule has 3 rings (SSSR count). The minimum Gasteiger partial charge on any atom is -0.444 e. The number of oxazole rings is 1. The standard InChI is InChI=1S/C20H28N4O2.2ClH/c1-14(19(21)17-7-5-4-6-8-17)20(25)24-11-9-23(10-12-24)13-18-22-15(2)16(3)26-18;;/h4-8,14,19H,9-13,21H2,1-3H3;2*1H. The fourth-order valence-corrected chi connectivity index (χ4v) is 3.33. The van der Waals surface area contributed by atoms with Crippen molar-refractivity contribution in [1.82, 2.24) is 14.8 Å². The number of aryl methyl sites for hydroxylation is 2. The summed E-state index contributed by atoms with van der Waals surface area (Å²) in [5.41, 5.74) is 8.26. The van der Waals surface area contributed by atoms with Gasteiger partial charge in [-0.15, -0.1) is 24.8 Å². The van der Waals surface area contributed by atoms with E-state index in [4.69, 9.17) is 10.2 Å². The summed E-state index contributed by atoms with van der Waals surface area (Å²) in [6.07, 6.45) is 0. The Bertz CT molecular complexity index is 726. The number of nitrogens with zero attached hydrogens (tertiary/aromatic N) is 3. The molecule has 1 aromatic carbocycles. The number of hydrogen-bond donors (Lipinski definition) is 1. The van der Waals surface area contributed by atoms with E-state index < -0.39 is 0 Å². The zero-order valence-electron chi connectivity index (χ0n) is 16.6. The molecule has 2 N–H and O–H groups in total. The largest absolute Gasteiger partial charge is 0.444 e. The summed E-state index contributed by atoms with van der Waals surface area (Å²) < 4.78 is 5.66. The Morgan fingerprint density at radius 2 is 1.75 bits per heavy atom. The lowest BCUT2D eigenvalue weighted by Gasteiger charge is -2.36. The molecule has 1 aromatic heterocycles. The van der Waals surface area contributed by atoms with Crippen LogP contribution in [0, 0.1) is 19.8 Å². The average molecular weight is 429 g/mol. The second kappa shape index (κ2) is 10.8. The molecule has 0 bridgehead atoms. The highest BCUT2D eigenvalue weighted by atomic mass is 35.5. The molecule has 28 heavy (non-hydrogen) atoms. The molecule has 6 nitrogen and oxygen atoms in total. The van der Waals surface area contributed by atoms with Gasteiger partial charge in [0, 0.05) is 32.2 Å².